The van der Waals surface area contributed by atoms with Gasteiger partial charge in [0.15, 0.2) is 0 Å². The molecule has 0 atom stereocenters. The lowest BCUT2D eigenvalue weighted by Gasteiger charge is -2.09. The SMILES string of the molecule is O=C(O)COCCNC(=O)CNC(=O)c1ccc(C(F)(F)F)cc1. The van der Waals surface area contributed by atoms with Gasteiger partial charge in [-0.1, -0.05) is 0 Å². The molecular formula is C14H15F3N2O5. The fourth-order valence-corrected chi connectivity index (χ4v) is 1.56. The molecule has 0 bridgehead atoms. The van der Waals surface area contributed by atoms with Crippen molar-refractivity contribution in [1.82, 2.24) is 10.6 Å². The summed E-state index contributed by atoms with van der Waals surface area (Å²) in [6.07, 6.45) is -4.49. The van der Waals surface area contributed by atoms with Gasteiger partial charge >= 0.3 is 12.1 Å². The topological polar surface area (TPSA) is 105 Å². The second kappa shape index (κ2) is 8.87. The highest BCUT2D eigenvalue weighted by atomic mass is 19.4. The molecule has 0 aromatic heterocycles. The molecule has 0 saturated carbocycles. The molecule has 0 fully saturated rings. The monoisotopic (exact) mass is 348 g/mol. The molecule has 0 aliphatic carbocycles. The lowest BCUT2D eigenvalue weighted by molar-refractivity contribution is -0.142. The number of carbonyl (C=O) groups excluding carboxylic acids is 2. The minimum absolute atomic E-state index is 0.00904. The number of nitrogens with one attached hydrogen (secondary N) is 2. The first kappa shape index (κ1) is 19.4. The van der Waals surface area contributed by atoms with Crippen LogP contribution in [0.15, 0.2) is 24.3 Å². The predicted octanol–water partition coefficient (Wildman–Crippen LogP) is 0.653. The Bertz CT molecular complexity index is 587. The van der Waals surface area contributed by atoms with E-state index in [1.54, 1.807) is 0 Å². The Balaban J connectivity index is 2.32. The normalized spacial score (nSPS) is 11.0. The Morgan fingerprint density at radius 2 is 1.71 bits per heavy atom. The number of carboxylic acid groups (broad SMARTS) is 1. The summed E-state index contributed by atoms with van der Waals surface area (Å²) in [5, 5.41) is 12.9. The molecule has 0 aliphatic heterocycles. The van der Waals surface area contributed by atoms with E-state index < -0.39 is 36.1 Å². The zero-order chi connectivity index (χ0) is 18.2. The summed E-state index contributed by atoms with van der Waals surface area (Å²) in [6.45, 7) is -0.813. The van der Waals surface area contributed by atoms with Gasteiger partial charge in [0.1, 0.15) is 6.61 Å². The van der Waals surface area contributed by atoms with Crippen LogP contribution >= 0.6 is 0 Å². The third-order valence-electron chi connectivity index (χ3n) is 2.68. The van der Waals surface area contributed by atoms with Crippen LogP contribution in [0.3, 0.4) is 0 Å². The Hall–Kier alpha value is -2.62. The smallest absolute Gasteiger partial charge is 0.416 e. The van der Waals surface area contributed by atoms with Crippen molar-refractivity contribution < 1.29 is 37.4 Å². The number of hydrogen-bond donors (Lipinski definition) is 3. The van der Waals surface area contributed by atoms with E-state index in [1.165, 1.54) is 0 Å². The molecule has 0 heterocycles. The number of hydrogen-bond acceptors (Lipinski definition) is 4. The number of amides is 2. The highest BCUT2D eigenvalue weighted by molar-refractivity contribution is 5.96. The van der Waals surface area contributed by atoms with Gasteiger partial charge in [0.05, 0.1) is 18.7 Å². The minimum atomic E-state index is -4.49. The Morgan fingerprint density at radius 1 is 1.08 bits per heavy atom. The maximum atomic E-state index is 12.4. The summed E-state index contributed by atoms with van der Waals surface area (Å²) in [5.74, 6) is -2.37. The first-order valence-electron chi connectivity index (χ1n) is 6.72. The average Bonchev–Trinajstić information content (AvgIpc) is 2.51. The average molecular weight is 348 g/mol. The van der Waals surface area contributed by atoms with Crippen molar-refractivity contribution in [3.05, 3.63) is 35.4 Å². The van der Waals surface area contributed by atoms with Gasteiger partial charge in [-0.2, -0.15) is 13.2 Å². The molecule has 1 rings (SSSR count). The number of benzene rings is 1. The van der Waals surface area contributed by atoms with Crippen LogP contribution in [0.1, 0.15) is 15.9 Å². The van der Waals surface area contributed by atoms with Crippen LogP contribution in [0, 0.1) is 0 Å². The quantitative estimate of drug-likeness (QED) is 0.599. The van der Waals surface area contributed by atoms with Crippen LogP contribution in [0.5, 0.6) is 0 Å². The van der Waals surface area contributed by atoms with Gasteiger partial charge in [0.2, 0.25) is 5.91 Å². The Morgan fingerprint density at radius 3 is 2.25 bits per heavy atom. The summed E-state index contributed by atoms with van der Waals surface area (Å²) < 4.78 is 41.9. The van der Waals surface area contributed by atoms with E-state index in [-0.39, 0.29) is 25.3 Å². The van der Waals surface area contributed by atoms with Gasteiger partial charge in [-0.3, -0.25) is 9.59 Å². The molecule has 24 heavy (non-hydrogen) atoms. The first-order valence-corrected chi connectivity index (χ1v) is 6.72. The van der Waals surface area contributed by atoms with E-state index in [0.29, 0.717) is 0 Å². The van der Waals surface area contributed by atoms with Gasteiger partial charge in [-0.05, 0) is 24.3 Å². The van der Waals surface area contributed by atoms with E-state index in [2.05, 4.69) is 15.4 Å². The second-order valence-electron chi connectivity index (χ2n) is 4.55. The lowest BCUT2D eigenvalue weighted by Crippen LogP contribution is -2.38. The van der Waals surface area contributed by atoms with Crippen LogP contribution in [-0.4, -0.2) is 49.2 Å². The van der Waals surface area contributed by atoms with Crippen molar-refractivity contribution >= 4 is 17.8 Å². The van der Waals surface area contributed by atoms with Crippen molar-refractivity contribution in [3.8, 4) is 0 Å². The maximum absolute atomic E-state index is 12.4. The zero-order valence-corrected chi connectivity index (χ0v) is 12.4. The summed E-state index contributed by atoms with van der Waals surface area (Å²) in [6, 6.07) is 3.56. The summed E-state index contributed by atoms with van der Waals surface area (Å²) in [7, 11) is 0. The third-order valence-corrected chi connectivity index (χ3v) is 2.68. The van der Waals surface area contributed by atoms with Crippen molar-refractivity contribution in [1.29, 1.82) is 0 Å². The van der Waals surface area contributed by atoms with Crippen molar-refractivity contribution in [2.45, 2.75) is 6.18 Å². The molecule has 0 unspecified atom stereocenters. The Kier molecular flexibility index (Phi) is 7.18. The van der Waals surface area contributed by atoms with Gasteiger partial charge in [-0.15, -0.1) is 0 Å². The van der Waals surface area contributed by atoms with E-state index in [1.807, 2.05) is 0 Å². The summed E-state index contributed by atoms with van der Waals surface area (Å²) in [5.41, 5.74) is -0.890. The van der Waals surface area contributed by atoms with Gasteiger partial charge < -0.3 is 20.5 Å². The molecule has 0 spiro atoms. The number of carbonyl (C=O) groups is 3. The van der Waals surface area contributed by atoms with E-state index in [4.69, 9.17) is 5.11 Å². The largest absolute Gasteiger partial charge is 0.480 e. The molecule has 132 valence electrons. The minimum Gasteiger partial charge on any atom is -0.480 e. The van der Waals surface area contributed by atoms with Crippen LogP contribution < -0.4 is 10.6 Å². The molecule has 7 nitrogen and oxygen atoms in total. The van der Waals surface area contributed by atoms with Gasteiger partial charge in [0, 0.05) is 12.1 Å². The maximum Gasteiger partial charge on any atom is 0.416 e. The van der Waals surface area contributed by atoms with E-state index >= 15 is 0 Å². The predicted molar refractivity (Wildman–Crippen MR) is 75.2 cm³/mol. The van der Waals surface area contributed by atoms with Crippen molar-refractivity contribution in [3.63, 3.8) is 0 Å². The molecular weight excluding hydrogens is 333 g/mol. The van der Waals surface area contributed by atoms with Crippen LogP contribution in [-0.2, 0) is 20.5 Å². The molecule has 0 saturated heterocycles. The van der Waals surface area contributed by atoms with Crippen LogP contribution in [0.25, 0.3) is 0 Å². The molecule has 3 N–H and O–H groups in total. The van der Waals surface area contributed by atoms with Gasteiger partial charge in [-0.25, -0.2) is 4.79 Å². The number of aliphatic carboxylic acids is 1. The fourth-order valence-electron chi connectivity index (χ4n) is 1.56. The van der Waals surface area contributed by atoms with Gasteiger partial charge in [0.25, 0.3) is 5.91 Å². The molecule has 1 aromatic carbocycles. The van der Waals surface area contributed by atoms with Crippen molar-refractivity contribution in [2.24, 2.45) is 0 Å². The standard InChI is InChI=1S/C14H15F3N2O5/c15-14(16,17)10-3-1-9(2-4-10)13(23)19-7-11(20)18-5-6-24-8-12(21)22/h1-4H,5-8H2,(H,18,20)(H,19,23)(H,21,22). The van der Waals surface area contributed by atoms with Crippen molar-refractivity contribution in [2.75, 3.05) is 26.3 Å². The number of alkyl halides is 3. The summed E-state index contributed by atoms with van der Waals surface area (Å²) >= 11 is 0. The molecule has 1 aromatic rings. The summed E-state index contributed by atoms with van der Waals surface area (Å²) in [4.78, 5) is 33.3. The highest BCUT2D eigenvalue weighted by Crippen LogP contribution is 2.28. The first-order chi connectivity index (χ1) is 11.2. The Labute approximate surface area is 134 Å². The van der Waals surface area contributed by atoms with Crippen LogP contribution in [0.4, 0.5) is 13.2 Å². The number of carboxylic acids is 1. The highest BCUT2D eigenvalue weighted by Gasteiger charge is 2.30. The molecule has 2 amide bonds. The van der Waals surface area contributed by atoms with E-state index in [0.717, 1.165) is 24.3 Å². The number of ether oxygens (including phenoxy) is 1. The molecule has 10 heteroatoms. The second-order valence-corrected chi connectivity index (χ2v) is 4.55. The lowest BCUT2D eigenvalue weighted by atomic mass is 10.1. The molecule has 0 aliphatic rings. The fraction of sp³-hybridized carbons (Fsp3) is 0.357. The molecule has 0 radical (unpaired) electrons. The van der Waals surface area contributed by atoms with Crippen LogP contribution in [0.2, 0.25) is 0 Å². The zero-order valence-electron chi connectivity index (χ0n) is 12.4. The number of halogens is 3. The third kappa shape index (κ3) is 7.09. The van der Waals surface area contributed by atoms with E-state index in [9.17, 15) is 27.6 Å². The number of rotatable bonds is 8.